The lowest BCUT2D eigenvalue weighted by Gasteiger charge is -2.25. The predicted molar refractivity (Wildman–Crippen MR) is 144 cm³/mol. The average molecular weight is 518 g/mol. The van der Waals surface area contributed by atoms with Crippen molar-refractivity contribution in [1.82, 2.24) is 4.90 Å². The second kappa shape index (κ2) is 9.94. The van der Waals surface area contributed by atoms with Crippen LogP contribution in [0.1, 0.15) is 51.3 Å². The van der Waals surface area contributed by atoms with Crippen molar-refractivity contribution < 1.29 is 18.7 Å². The molecule has 190 valence electrons. The SMILES string of the molecule is CCc1ccc([C@H]2c3c(oc4cc(C)c(Cl)cc4c3=O)C(=O)N2CCc2ccc(OC)c(OC)c2)cc1. The summed E-state index contributed by atoms with van der Waals surface area (Å²) in [7, 11) is 3.18. The maximum absolute atomic E-state index is 13.8. The Labute approximate surface area is 220 Å². The Hall–Kier alpha value is -3.77. The normalized spacial score (nSPS) is 14.8. The topological polar surface area (TPSA) is 69.0 Å². The predicted octanol–water partition coefficient (Wildman–Crippen LogP) is 6.12. The first kappa shape index (κ1) is 24.9. The van der Waals surface area contributed by atoms with Gasteiger partial charge in [-0.25, -0.2) is 0 Å². The molecule has 37 heavy (non-hydrogen) atoms. The van der Waals surface area contributed by atoms with Gasteiger partial charge in [0, 0.05) is 11.6 Å². The Balaban J connectivity index is 1.60. The van der Waals surface area contributed by atoms with Crippen molar-refractivity contribution in [2.24, 2.45) is 0 Å². The van der Waals surface area contributed by atoms with Crippen LogP contribution in [0.2, 0.25) is 5.02 Å². The van der Waals surface area contributed by atoms with E-state index in [4.69, 9.17) is 25.5 Å². The van der Waals surface area contributed by atoms with Gasteiger partial charge in [0.15, 0.2) is 16.9 Å². The number of rotatable bonds is 7. The summed E-state index contributed by atoms with van der Waals surface area (Å²) in [6, 6.07) is 16.5. The van der Waals surface area contributed by atoms with Crippen LogP contribution >= 0.6 is 11.6 Å². The number of carbonyl (C=O) groups is 1. The standard InChI is InChI=1S/C30H28ClNO5/c1-5-18-6-9-20(10-7-18)27-26-28(33)21-16-22(31)17(2)14-24(21)37-29(26)30(34)32(27)13-12-19-8-11-23(35-3)25(15-19)36-4/h6-11,14-16,27H,5,12-13H2,1-4H3/t27-/m0/s1. The molecule has 1 atom stereocenters. The molecule has 3 aromatic carbocycles. The number of halogens is 1. The molecule has 4 aromatic rings. The van der Waals surface area contributed by atoms with Crippen molar-refractivity contribution >= 4 is 28.5 Å². The number of nitrogens with zero attached hydrogens (tertiary/aromatic N) is 1. The highest BCUT2D eigenvalue weighted by Gasteiger charge is 2.42. The lowest BCUT2D eigenvalue weighted by molar-refractivity contribution is 0.0730. The fourth-order valence-corrected chi connectivity index (χ4v) is 5.10. The molecule has 0 saturated carbocycles. The van der Waals surface area contributed by atoms with E-state index in [-0.39, 0.29) is 17.1 Å². The smallest absolute Gasteiger partial charge is 0.290 e. The van der Waals surface area contributed by atoms with Gasteiger partial charge >= 0.3 is 0 Å². The van der Waals surface area contributed by atoms with Crippen molar-refractivity contribution in [3.05, 3.63) is 103 Å². The van der Waals surface area contributed by atoms with Crippen LogP contribution in [0.25, 0.3) is 11.0 Å². The van der Waals surface area contributed by atoms with Crippen LogP contribution in [0, 0.1) is 6.92 Å². The van der Waals surface area contributed by atoms with E-state index in [1.807, 2.05) is 49.4 Å². The molecule has 0 bridgehead atoms. The Bertz CT molecular complexity index is 1560. The van der Waals surface area contributed by atoms with E-state index in [9.17, 15) is 9.59 Å². The van der Waals surface area contributed by atoms with E-state index in [0.29, 0.717) is 46.0 Å². The van der Waals surface area contributed by atoms with E-state index in [1.54, 1.807) is 31.3 Å². The first-order valence-corrected chi connectivity index (χ1v) is 12.6. The Morgan fingerprint density at radius 1 is 0.946 bits per heavy atom. The highest BCUT2D eigenvalue weighted by atomic mass is 35.5. The van der Waals surface area contributed by atoms with Crippen LogP contribution in [0.3, 0.4) is 0 Å². The van der Waals surface area contributed by atoms with E-state index in [1.165, 1.54) is 5.56 Å². The molecule has 1 aromatic heterocycles. The van der Waals surface area contributed by atoms with Gasteiger partial charge < -0.3 is 18.8 Å². The number of methoxy groups -OCH3 is 2. The molecule has 0 fully saturated rings. The molecule has 2 heterocycles. The molecule has 1 amide bonds. The molecule has 0 N–H and O–H groups in total. The molecule has 6 nitrogen and oxygen atoms in total. The molecule has 0 unspecified atom stereocenters. The molecular weight excluding hydrogens is 490 g/mol. The van der Waals surface area contributed by atoms with Crippen LogP contribution in [0.5, 0.6) is 11.5 Å². The van der Waals surface area contributed by atoms with Gasteiger partial charge in [0.1, 0.15) is 5.58 Å². The lowest BCUT2D eigenvalue weighted by Crippen LogP contribution is -2.31. The van der Waals surface area contributed by atoms with Gasteiger partial charge in [-0.3, -0.25) is 9.59 Å². The number of hydrogen-bond acceptors (Lipinski definition) is 5. The van der Waals surface area contributed by atoms with Crippen molar-refractivity contribution in [3.8, 4) is 11.5 Å². The molecule has 7 heteroatoms. The summed E-state index contributed by atoms with van der Waals surface area (Å²) in [5.74, 6) is 1.06. The molecule has 0 saturated heterocycles. The summed E-state index contributed by atoms with van der Waals surface area (Å²) in [5.41, 5.74) is 4.28. The van der Waals surface area contributed by atoms with Gasteiger partial charge in [-0.15, -0.1) is 0 Å². The highest BCUT2D eigenvalue weighted by molar-refractivity contribution is 6.32. The Kier molecular flexibility index (Phi) is 6.69. The fourth-order valence-electron chi connectivity index (χ4n) is 4.94. The van der Waals surface area contributed by atoms with Crippen LogP contribution in [-0.4, -0.2) is 31.6 Å². The molecule has 5 rings (SSSR count). The van der Waals surface area contributed by atoms with Gasteiger partial charge in [-0.1, -0.05) is 48.9 Å². The number of ether oxygens (including phenoxy) is 2. The summed E-state index contributed by atoms with van der Waals surface area (Å²) < 4.78 is 16.9. The van der Waals surface area contributed by atoms with E-state index >= 15 is 0 Å². The number of aryl methyl sites for hydroxylation is 2. The van der Waals surface area contributed by atoms with Gasteiger partial charge in [-0.2, -0.15) is 0 Å². The third-order valence-electron chi connectivity index (χ3n) is 7.04. The van der Waals surface area contributed by atoms with Gasteiger partial charge in [0.05, 0.1) is 31.2 Å². The summed E-state index contributed by atoms with van der Waals surface area (Å²) in [5, 5.41) is 0.859. The summed E-state index contributed by atoms with van der Waals surface area (Å²) in [4.78, 5) is 29.2. The number of hydrogen-bond donors (Lipinski definition) is 0. The molecule has 0 aliphatic carbocycles. The summed E-state index contributed by atoms with van der Waals surface area (Å²) >= 11 is 6.34. The maximum atomic E-state index is 13.8. The number of fused-ring (bicyclic) bond motifs is 2. The number of amides is 1. The molecular formula is C30H28ClNO5. The third kappa shape index (κ3) is 4.36. The van der Waals surface area contributed by atoms with Gasteiger partial charge in [0.2, 0.25) is 5.76 Å². The molecule has 0 spiro atoms. The van der Waals surface area contributed by atoms with Crippen LogP contribution < -0.4 is 14.9 Å². The minimum atomic E-state index is -0.561. The van der Waals surface area contributed by atoms with Gasteiger partial charge in [-0.05, 0) is 66.3 Å². The monoisotopic (exact) mass is 517 g/mol. The summed E-state index contributed by atoms with van der Waals surface area (Å²) in [6.07, 6.45) is 1.45. The maximum Gasteiger partial charge on any atom is 0.290 e. The molecule has 1 aliphatic rings. The zero-order valence-corrected chi connectivity index (χ0v) is 22.0. The fraction of sp³-hybridized carbons (Fsp3) is 0.267. The quantitative estimate of drug-likeness (QED) is 0.295. The first-order chi connectivity index (χ1) is 17.9. The summed E-state index contributed by atoms with van der Waals surface area (Å²) in [6.45, 7) is 4.31. The largest absolute Gasteiger partial charge is 0.493 e. The molecule has 1 aliphatic heterocycles. The lowest BCUT2D eigenvalue weighted by atomic mass is 9.96. The average Bonchev–Trinajstić information content (AvgIpc) is 3.19. The highest BCUT2D eigenvalue weighted by Crippen LogP contribution is 2.39. The minimum absolute atomic E-state index is 0.0936. The van der Waals surface area contributed by atoms with Crippen molar-refractivity contribution in [1.29, 1.82) is 0 Å². The van der Waals surface area contributed by atoms with Gasteiger partial charge in [0.25, 0.3) is 5.91 Å². The Morgan fingerprint density at radius 2 is 1.65 bits per heavy atom. The number of benzene rings is 3. The zero-order valence-electron chi connectivity index (χ0n) is 21.3. The molecule has 0 radical (unpaired) electrons. The van der Waals surface area contributed by atoms with E-state index < -0.39 is 6.04 Å². The van der Waals surface area contributed by atoms with E-state index in [2.05, 4.69) is 6.92 Å². The van der Waals surface area contributed by atoms with Crippen molar-refractivity contribution in [3.63, 3.8) is 0 Å². The Morgan fingerprint density at radius 3 is 2.32 bits per heavy atom. The zero-order chi connectivity index (χ0) is 26.3. The van der Waals surface area contributed by atoms with E-state index in [0.717, 1.165) is 23.1 Å². The van der Waals surface area contributed by atoms with Crippen molar-refractivity contribution in [2.75, 3.05) is 20.8 Å². The second-order valence-corrected chi connectivity index (χ2v) is 9.61. The minimum Gasteiger partial charge on any atom is -0.493 e. The van der Waals surface area contributed by atoms with Crippen molar-refractivity contribution in [2.45, 2.75) is 32.7 Å². The van der Waals surface area contributed by atoms with Crippen LogP contribution in [0.4, 0.5) is 0 Å². The third-order valence-corrected chi connectivity index (χ3v) is 7.45. The van der Waals surface area contributed by atoms with Crippen LogP contribution in [0.15, 0.2) is 63.8 Å². The first-order valence-electron chi connectivity index (χ1n) is 12.2. The van der Waals surface area contributed by atoms with Crippen LogP contribution in [-0.2, 0) is 12.8 Å². The number of carbonyl (C=O) groups excluding carboxylic acids is 1. The second-order valence-electron chi connectivity index (χ2n) is 9.21.